The standard InChI is InChI=1S/C12H32O4Si3/c1-10-12(2)11-19(13-3,14-4)16-18(8,9)15-17(5,6)7/h12H,10-11H2,1-9H3. The zero-order valence-electron chi connectivity index (χ0n) is 14.1. The van der Waals surface area contributed by atoms with E-state index in [1.165, 1.54) is 0 Å². The van der Waals surface area contributed by atoms with Gasteiger partial charge in [-0.25, -0.2) is 0 Å². The summed E-state index contributed by atoms with van der Waals surface area (Å²) in [6, 6.07) is 0.849. The smallest absolute Gasteiger partial charge is 0.437 e. The summed E-state index contributed by atoms with van der Waals surface area (Å²) in [6.45, 7) is 15.1. The molecular weight excluding hydrogens is 292 g/mol. The van der Waals surface area contributed by atoms with Gasteiger partial charge in [0.15, 0.2) is 8.32 Å². The molecule has 0 N–H and O–H groups in total. The Morgan fingerprint density at radius 1 is 0.895 bits per heavy atom. The topological polar surface area (TPSA) is 36.9 Å². The lowest BCUT2D eigenvalue weighted by molar-refractivity contribution is 0.140. The van der Waals surface area contributed by atoms with Crippen LogP contribution in [0.3, 0.4) is 0 Å². The lowest BCUT2D eigenvalue weighted by Gasteiger charge is -2.38. The monoisotopic (exact) mass is 324 g/mol. The molecule has 0 aromatic rings. The van der Waals surface area contributed by atoms with Gasteiger partial charge in [-0.15, -0.1) is 0 Å². The molecule has 0 heterocycles. The summed E-state index contributed by atoms with van der Waals surface area (Å²) in [5.74, 6) is 0.531. The summed E-state index contributed by atoms with van der Waals surface area (Å²) in [5, 5.41) is 0. The minimum atomic E-state index is -2.60. The molecule has 116 valence electrons. The van der Waals surface area contributed by atoms with Crippen LogP contribution < -0.4 is 0 Å². The molecular formula is C12H32O4Si3. The van der Waals surface area contributed by atoms with Crippen molar-refractivity contribution in [3.8, 4) is 0 Å². The van der Waals surface area contributed by atoms with E-state index in [0.29, 0.717) is 5.92 Å². The van der Waals surface area contributed by atoms with Crippen LogP contribution in [0.15, 0.2) is 0 Å². The van der Waals surface area contributed by atoms with Gasteiger partial charge in [0, 0.05) is 20.3 Å². The Balaban J connectivity index is 4.90. The largest absolute Gasteiger partial charge is 0.491 e. The van der Waals surface area contributed by atoms with Crippen LogP contribution in [0.5, 0.6) is 0 Å². The van der Waals surface area contributed by atoms with E-state index in [1.807, 2.05) is 0 Å². The minimum absolute atomic E-state index is 0.531. The Morgan fingerprint density at radius 3 is 1.68 bits per heavy atom. The van der Waals surface area contributed by atoms with Gasteiger partial charge in [-0.2, -0.15) is 0 Å². The Labute approximate surface area is 122 Å². The van der Waals surface area contributed by atoms with Gasteiger partial charge in [-0.05, 0) is 38.7 Å². The Hall–Kier alpha value is 0.491. The highest BCUT2D eigenvalue weighted by atomic mass is 28.5. The molecule has 19 heavy (non-hydrogen) atoms. The molecule has 0 bridgehead atoms. The molecule has 0 spiro atoms. The van der Waals surface area contributed by atoms with Crippen LogP contribution in [0.2, 0.25) is 38.8 Å². The summed E-state index contributed by atoms with van der Waals surface area (Å²) in [6.07, 6.45) is 1.10. The summed E-state index contributed by atoms with van der Waals surface area (Å²) in [5.41, 5.74) is 0. The van der Waals surface area contributed by atoms with Crippen LogP contribution in [0.4, 0.5) is 0 Å². The molecule has 0 aromatic heterocycles. The van der Waals surface area contributed by atoms with E-state index in [9.17, 15) is 0 Å². The molecule has 0 aliphatic rings. The van der Waals surface area contributed by atoms with E-state index >= 15 is 0 Å². The van der Waals surface area contributed by atoms with Gasteiger partial charge in [0.2, 0.25) is 0 Å². The second-order valence-electron chi connectivity index (χ2n) is 6.53. The fourth-order valence-electron chi connectivity index (χ4n) is 2.08. The highest BCUT2D eigenvalue weighted by Gasteiger charge is 2.47. The molecule has 0 aliphatic carbocycles. The van der Waals surface area contributed by atoms with Gasteiger partial charge in [0.05, 0.1) is 0 Å². The molecule has 0 saturated heterocycles. The Kier molecular flexibility index (Phi) is 7.68. The molecule has 0 aliphatic heterocycles. The first-order valence-corrected chi connectivity index (χ1v) is 15.2. The third-order valence-electron chi connectivity index (χ3n) is 2.87. The van der Waals surface area contributed by atoms with E-state index < -0.39 is 25.7 Å². The first-order chi connectivity index (χ1) is 8.49. The molecule has 0 amide bonds. The van der Waals surface area contributed by atoms with Crippen molar-refractivity contribution in [1.82, 2.24) is 0 Å². The molecule has 0 rings (SSSR count). The van der Waals surface area contributed by atoms with Crippen LogP contribution in [-0.4, -0.2) is 39.9 Å². The van der Waals surface area contributed by atoms with Crippen LogP contribution in [0.1, 0.15) is 20.3 Å². The van der Waals surface area contributed by atoms with Gasteiger partial charge in [-0.3, -0.25) is 0 Å². The average Bonchev–Trinajstić information content (AvgIpc) is 2.24. The second kappa shape index (κ2) is 7.49. The first-order valence-electron chi connectivity index (χ1n) is 7.00. The quantitative estimate of drug-likeness (QED) is 0.604. The molecule has 4 nitrogen and oxygen atoms in total. The van der Waals surface area contributed by atoms with E-state index in [0.717, 1.165) is 12.5 Å². The van der Waals surface area contributed by atoms with Gasteiger partial charge in [0.1, 0.15) is 0 Å². The predicted octanol–water partition coefficient (Wildman–Crippen LogP) is 3.83. The third kappa shape index (κ3) is 7.74. The molecule has 0 fully saturated rings. The van der Waals surface area contributed by atoms with Gasteiger partial charge in [0.25, 0.3) is 0 Å². The lowest BCUT2D eigenvalue weighted by atomic mass is 10.2. The minimum Gasteiger partial charge on any atom is -0.437 e. The SMILES string of the molecule is CCC(C)C[Si](OC)(OC)O[Si](C)(C)O[Si](C)(C)C. The van der Waals surface area contributed by atoms with Crippen LogP contribution in [0.25, 0.3) is 0 Å². The third-order valence-corrected chi connectivity index (χ3v) is 12.9. The van der Waals surface area contributed by atoms with Crippen molar-refractivity contribution in [2.75, 3.05) is 14.2 Å². The maximum absolute atomic E-state index is 6.32. The van der Waals surface area contributed by atoms with Gasteiger partial charge in [-0.1, -0.05) is 20.3 Å². The van der Waals surface area contributed by atoms with Crippen molar-refractivity contribution < 1.29 is 17.1 Å². The molecule has 7 heteroatoms. The van der Waals surface area contributed by atoms with E-state index in [1.54, 1.807) is 14.2 Å². The fourth-order valence-corrected chi connectivity index (χ4v) is 14.2. The zero-order valence-corrected chi connectivity index (χ0v) is 17.1. The number of hydrogen-bond donors (Lipinski definition) is 0. The normalized spacial score (nSPS) is 15.6. The van der Waals surface area contributed by atoms with Gasteiger partial charge >= 0.3 is 17.4 Å². The molecule has 0 aromatic carbocycles. The molecule has 1 atom stereocenters. The van der Waals surface area contributed by atoms with E-state index in [4.69, 9.17) is 17.1 Å². The average molecular weight is 325 g/mol. The highest BCUT2D eigenvalue weighted by molar-refractivity contribution is 6.85. The van der Waals surface area contributed by atoms with Crippen molar-refractivity contribution in [2.45, 2.75) is 59.0 Å². The van der Waals surface area contributed by atoms with Crippen molar-refractivity contribution >= 4 is 25.7 Å². The summed E-state index contributed by atoms with van der Waals surface area (Å²) < 4.78 is 23.9. The summed E-state index contributed by atoms with van der Waals surface area (Å²) >= 11 is 0. The number of rotatable bonds is 9. The molecule has 0 radical (unpaired) electrons. The highest BCUT2D eigenvalue weighted by Crippen LogP contribution is 2.27. The van der Waals surface area contributed by atoms with Crippen molar-refractivity contribution in [3.63, 3.8) is 0 Å². The Morgan fingerprint density at radius 2 is 1.37 bits per heavy atom. The van der Waals surface area contributed by atoms with E-state index in [-0.39, 0.29) is 0 Å². The number of hydrogen-bond acceptors (Lipinski definition) is 4. The van der Waals surface area contributed by atoms with Crippen LogP contribution >= 0.6 is 0 Å². The fraction of sp³-hybridized carbons (Fsp3) is 1.00. The van der Waals surface area contributed by atoms with Gasteiger partial charge < -0.3 is 17.1 Å². The molecule has 0 saturated carbocycles. The van der Waals surface area contributed by atoms with Crippen molar-refractivity contribution in [1.29, 1.82) is 0 Å². The zero-order chi connectivity index (χ0) is 15.3. The molecule has 1 unspecified atom stereocenters. The van der Waals surface area contributed by atoms with Crippen molar-refractivity contribution in [3.05, 3.63) is 0 Å². The Bertz CT molecular complexity index is 262. The first kappa shape index (κ1) is 19.5. The second-order valence-corrected chi connectivity index (χ2v) is 17.8. The predicted molar refractivity (Wildman–Crippen MR) is 87.0 cm³/mol. The summed E-state index contributed by atoms with van der Waals surface area (Å²) in [4.78, 5) is 0. The van der Waals surface area contributed by atoms with Crippen LogP contribution in [-0.2, 0) is 17.1 Å². The summed E-state index contributed by atoms with van der Waals surface area (Å²) in [7, 11) is -3.06. The van der Waals surface area contributed by atoms with Crippen molar-refractivity contribution in [2.24, 2.45) is 5.92 Å². The van der Waals surface area contributed by atoms with E-state index in [2.05, 4.69) is 46.6 Å². The maximum atomic E-state index is 6.32. The lowest BCUT2D eigenvalue weighted by Crippen LogP contribution is -2.56. The van der Waals surface area contributed by atoms with Crippen LogP contribution in [0, 0.1) is 5.92 Å². The maximum Gasteiger partial charge on any atom is 0.491 e.